The number of anilines is 2. The minimum atomic E-state index is -3.28. The number of benzene rings is 2. The normalized spacial score (nSPS) is 19.8. The van der Waals surface area contributed by atoms with Crippen LogP contribution >= 0.6 is 11.8 Å². The fraction of sp³-hybridized carbons (Fsp3) is 0.286. The van der Waals surface area contributed by atoms with Crippen LogP contribution < -0.4 is 9.62 Å². The van der Waals surface area contributed by atoms with E-state index in [1.54, 1.807) is 48.5 Å². The molecular weight excluding hydrogens is 436 g/mol. The van der Waals surface area contributed by atoms with Crippen molar-refractivity contribution in [1.82, 2.24) is 4.90 Å². The number of nitriles is 1. The van der Waals surface area contributed by atoms with Crippen molar-refractivity contribution in [3.05, 3.63) is 59.7 Å². The topological polar surface area (TPSA) is 111 Å². The quantitative estimate of drug-likeness (QED) is 0.756. The van der Waals surface area contributed by atoms with Gasteiger partial charge in [0.2, 0.25) is 15.9 Å². The summed E-state index contributed by atoms with van der Waals surface area (Å²) in [5.74, 6) is 0.447. The number of nitrogens with one attached hydrogen (secondary N) is 1. The van der Waals surface area contributed by atoms with Crippen LogP contribution in [-0.4, -0.2) is 55.1 Å². The first-order valence-electron chi connectivity index (χ1n) is 9.69. The molecule has 1 unspecified atom stereocenters. The van der Waals surface area contributed by atoms with E-state index in [1.165, 1.54) is 21.0 Å². The van der Waals surface area contributed by atoms with E-state index in [2.05, 4.69) is 5.32 Å². The van der Waals surface area contributed by atoms with Crippen molar-refractivity contribution in [2.75, 3.05) is 33.5 Å². The number of rotatable bonds is 4. The second-order valence-corrected chi connectivity index (χ2v) is 10.3. The summed E-state index contributed by atoms with van der Waals surface area (Å²) in [5.41, 5.74) is 2.00. The molecular formula is C21H20N4O4S2. The third-order valence-electron chi connectivity index (χ3n) is 5.23. The van der Waals surface area contributed by atoms with E-state index in [4.69, 9.17) is 5.26 Å². The Morgan fingerprint density at radius 3 is 2.42 bits per heavy atom. The number of hydrogen-bond acceptors (Lipinski definition) is 6. The van der Waals surface area contributed by atoms with Crippen LogP contribution in [0.2, 0.25) is 0 Å². The van der Waals surface area contributed by atoms with Crippen LogP contribution in [0.25, 0.3) is 0 Å². The summed E-state index contributed by atoms with van der Waals surface area (Å²) in [4.78, 5) is 27.3. The third-order valence-corrected chi connectivity index (χ3v) is 8.11. The van der Waals surface area contributed by atoms with Gasteiger partial charge in [0, 0.05) is 23.5 Å². The Labute approximate surface area is 184 Å². The first-order chi connectivity index (χ1) is 14.9. The van der Waals surface area contributed by atoms with Gasteiger partial charge in [-0.1, -0.05) is 0 Å². The van der Waals surface area contributed by atoms with E-state index < -0.39 is 16.1 Å². The summed E-state index contributed by atoms with van der Waals surface area (Å²) >= 11 is 1.50. The van der Waals surface area contributed by atoms with Crippen LogP contribution in [0.4, 0.5) is 11.4 Å². The summed E-state index contributed by atoms with van der Waals surface area (Å²) in [7, 11) is -3.28. The molecule has 2 aliphatic heterocycles. The van der Waals surface area contributed by atoms with Gasteiger partial charge < -0.3 is 10.2 Å². The van der Waals surface area contributed by atoms with Crippen molar-refractivity contribution >= 4 is 45.0 Å². The Kier molecular flexibility index (Phi) is 5.89. The fourth-order valence-electron chi connectivity index (χ4n) is 3.58. The number of hydrogen-bond donors (Lipinski definition) is 1. The van der Waals surface area contributed by atoms with E-state index in [0.717, 1.165) is 0 Å². The number of nitrogens with zero attached hydrogens (tertiary/aromatic N) is 3. The highest BCUT2D eigenvalue weighted by molar-refractivity contribution is 7.99. The van der Waals surface area contributed by atoms with Gasteiger partial charge in [0.15, 0.2) is 0 Å². The zero-order valence-electron chi connectivity index (χ0n) is 16.5. The SMILES string of the molecule is N#Cc1ccc(NC(=O)C2CSCN2C(=O)c2ccc(N3CCCS3(=O)=O)cc2)cc1. The van der Waals surface area contributed by atoms with Crippen LogP contribution in [-0.2, 0) is 14.8 Å². The predicted octanol–water partition coefficient (Wildman–Crippen LogP) is 2.25. The molecule has 8 nitrogen and oxygen atoms in total. The molecule has 2 fully saturated rings. The van der Waals surface area contributed by atoms with Crippen LogP contribution in [0.5, 0.6) is 0 Å². The molecule has 0 saturated carbocycles. The van der Waals surface area contributed by atoms with Gasteiger partial charge in [0.05, 0.1) is 28.9 Å². The maximum atomic E-state index is 13.0. The van der Waals surface area contributed by atoms with Crippen molar-refractivity contribution in [2.45, 2.75) is 12.5 Å². The number of thioether (sulfide) groups is 1. The molecule has 2 heterocycles. The predicted molar refractivity (Wildman–Crippen MR) is 119 cm³/mol. The molecule has 4 rings (SSSR count). The van der Waals surface area contributed by atoms with Crippen molar-refractivity contribution in [1.29, 1.82) is 5.26 Å². The minimum Gasteiger partial charge on any atom is -0.324 e. The van der Waals surface area contributed by atoms with Gasteiger partial charge in [0.25, 0.3) is 5.91 Å². The molecule has 160 valence electrons. The molecule has 0 spiro atoms. The zero-order valence-corrected chi connectivity index (χ0v) is 18.2. The highest BCUT2D eigenvalue weighted by atomic mass is 32.2. The van der Waals surface area contributed by atoms with Gasteiger partial charge in [-0.2, -0.15) is 5.26 Å². The monoisotopic (exact) mass is 456 g/mol. The summed E-state index contributed by atoms with van der Waals surface area (Å²) in [6.07, 6.45) is 0.587. The fourth-order valence-corrected chi connectivity index (χ4v) is 6.30. The Morgan fingerprint density at radius 1 is 1.10 bits per heavy atom. The van der Waals surface area contributed by atoms with Crippen molar-refractivity contribution in [3.8, 4) is 6.07 Å². The summed E-state index contributed by atoms with van der Waals surface area (Å²) < 4.78 is 25.5. The first kappa shape index (κ1) is 21.2. The molecule has 31 heavy (non-hydrogen) atoms. The van der Waals surface area contributed by atoms with Crippen LogP contribution in [0, 0.1) is 11.3 Å². The molecule has 0 bridgehead atoms. The lowest BCUT2D eigenvalue weighted by Crippen LogP contribution is -2.44. The van der Waals surface area contributed by atoms with Crippen LogP contribution in [0.15, 0.2) is 48.5 Å². The van der Waals surface area contributed by atoms with Crippen molar-refractivity contribution in [3.63, 3.8) is 0 Å². The summed E-state index contributed by atoms with van der Waals surface area (Å²) in [6, 6.07) is 14.4. The van der Waals surface area contributed by atoms with Gasteiger partial charge in [-0.05, 0) is 55.0 Å². The third kappa shape index (κ3) is 4.38. The maximum Gasteiger partial charge on any atom is 0.255 e. The lowest BCUT2D eigenvalue weighted by atomic mass is 10.1. The van der Waals surface area contributed by atoms with Gasteiger partial charge >= 0.3 is 0 Å². The Bertz CT molecular complexity index is 1140. The Balaban J connectivity index is 1.46. The molecule has 2 aromatic rings. The number of carbonyl (C=O) groups is 2. The highest BCUT2D eigenvalue weighted by Crippen LogP contribution is 2.27. The number of sulfonamides is 1. The highest BCUT2D eigenvalue weighted by Gasteiger charge is 2.35. The molecule has 2 saturated heterocycles. The second kappa shape index (κ2) is 8.61. The second-order valence-electron chi connectivity index (χ2n) is 7.26. The molecule has 0 aromatic heterocycles. The number of amides is 2. The molecule has 1 atom stereocenters. The molecule has 0 radical (unpaired) electrons. The van der Waals surface area contributed by atoms with Gasteiger partial charge in [-0.15, -0.1) is 11.8 Å². The first-order valence-corrected chi connectivity index (χ1v) is 12.5. The summed E-state index contributed by atoms with van der Waals surface area (Å²) in [5, 5.41) is 11.7. The van der Waals surface area contributed by atoms with Gasteiger partial charge in [-0.25, -0.2) is 8.42 Å². The van der Waals surface area contributed by atoms with Gasteiger partial charge in [-0.3, -0.25) is 13.9 Å². The molecule has 2 aliphatic rings. The summed E-state index contributed by atoms with van der Waals surface area (Å²) in [6.45, 7) is 0.440. The standard InChI is InChI=1S/C21H20N4O4S2/c22-12-15-2-6-17(7-3-15)23-20(26)19-13-30-14-24(19)21(27)16-4-8-18(9-5-16)25-10-1-11-31(25,28)29/h2-9,19H,1,10-11,13-14H2,(H,23,26). The van der Waals surface area contributed by atoms with Crippen LogP contribution in [0.1, 0.15) is 22.3 Å². The number of carbonyl (C=O) groups excluding carboxylic acids is 2. The minimum absolute atomic E-state index is 0.134. The van der Waals surface area contributed by atoms with E-state index in [0.29, 0.717) is 47.1 Å². The van der Waals surface area contributed by atoms with E-state index in [9.17, 15) is 18.0 Å². The van der Waals surface area contributed by atoms with Gasteiger partial charge in [0.1, 0.15) is 6.04 Å². The van der Waals surface area contributed by atoms with E-state index in [-0.39, 0.29) is 17.6 Å². The van der Waals surface area contributed by atoms with E-state index in [1.807, 2.05) is 6.07 Å². The van der Waals surface area contributed by atoms with E-state index >= 15 is 0 Å². The molecule has 10 heteroatoms. The van der Waals surface area contributed by atoms with Crippen molar-refractivity contribution < 1.29 is 18.0 Å². The Hall–Kier alpha value is -3.03. The molecule has 1 N–H and O–H groups in total. The average molecular weight is 457 g/mol. The van der Waals surface area contributed by atoms with Crippen molar-refractivity contribution in [2.24, 2.45) is 0 Å². The molecule has 2 aromatic carbocycles. The van der Waals surface area contributed by atoms with Crippen LogP contribution in [0.3, 0.4) is 0 Å². The smallest absolute Gasteiger partial charge is 0.255 e. The average Bonchev–Trinajstić information content (AvgIpc) is 3.40. The lowest BCUT2D eigenvalue weighted by molar-refractivity contribution is -0.119. The largest absolute Gasteiger partial charge is 0.324 e. The zero-order chi connectivity index (χ0) is 22.0. The Morgan fingerprint density at radius 2 is 1.81 bits per heavy atom. The lowest BCUT2D eigenvalue weighted by Gasteiger charge is -2.23. The molecule has 2 amide bonds. The molecule has 0 aliphatic carbocycles. The maximum absolute atomic E-state index is 13.0.